The Kier molecular flexibility index (Phi) is 4.86. The van der Waals surface area contributed by atoms with Gasteiger partial charge in [0.25, 0.3) is 0 Å². The molecule has 3 heteroatoms. The van der Waals surface area contributed by atoms with E-state index in [-0.39, 0.29) is 6.10 Å². The number of benzene rings is 1. The Labute approximate surface area is 114 Å². The summed E-state index contributed by atoms with van der Waals surface area (Å²) in [6.07, 6.45) is 4.22. The zero-order chi connectivity index (χ0) is 11.4. The summed E-state index contributed by atoms with van der Waals surface area (Å²) in [6, 6.07) is 8.37. The first kappa shape index (κ1) is 12.6. The molecule has 0 heterocycles. The molecular formula is C13H16Br2O. The molecule has 2 rings (SSSR count). The van der Waals surface area contributed by atoms with Crippen LogP contribution in [0.1, 0.15) is 30.9 Å². The molecule has 0 aromatic heterocycles. The number of halogens is 2. The quantitative estimate of drug-likeness (QED) is 0.677. The fraction of sp³-hybridized carbons (Fsp3) is 0.538. The number of hydrogen-bond donors (Lipinski definition) is 0. The standard InChI is InChI=1S/C13H16Br2O/c14-9-13(16-8-7-10-1-2-10)11-3-5-12(15)6-4-11/h3-6,10,13H,1-2,7-9H2. The largest absolute Gasteiger partial charge is 0.373 e. The van der Waals surface area contributed by atoms with E-state index < -0.39 is 0 Å². The fourth-order valence-corrected chi connectivity index (χ4v) is 2.52. The molecule has 1 aromatic rings. The number of hydrogen-bond acceptors (Lipinski definition) is 1. The summed E-state index contributed by atoms with van der Waals surface area (Å²) < 4.78 is 7.02. The Bertz CT molecular complexity index is 319. The van der Waals surface area contributed by atoms with Gasteiger partial charge >= 0.3 is 0 Å². The van der Waals surface area contributed by atoms with Crippen molar-refractivity contribution in [3.05, 3.63) is 34.3 Å². The lowest BCUT2D eigenvalue weighted by molar-refractivity contribution is 0.0654. The van der Waals surface area contributed by atoms with Crippen molar-refractivity contribution in [2.24, 2.45) is 5.92 Å². The minimum Gasteiger partial charge on any atom is -0.373 e. The molecule has 1 aromatic carbocycles. The number of ether oxygens (including phenoxy) is 1. The monoisotopic (exact) mass is 346 g/mol. The summed E-state index contributed by atoms with van der Waals surface area (Å²) in [5.74, 6) is 0.945. The molecule has 0 radical (unpaired) electrons. The van der Waals surface area contributed by atoms with E-state index in [0.717, 1.165) is 22.3 Å². The average Bonchev–Trinajstić information content (AvgIpc) is 3.10. The molecule has 0 saturated heterocycles. The summed E-state index contributed by atoms with van der Waals surface area (Å²) >= 11 is 6.96. The van der Waals surface area contributed by atoms with Crippen molar-refractivity contribution in [3.8, 4) is 0 Å². The summed E-state index contributed by atoms with van der Waals surface area (Å²) in [5, 5.41) is 0.860. The molecule has 1 fully saturated rings. The minimum atomic E-state index is 0.187. The number of rotatable bonds is 6. The van der Waals surface area contributed by atoms with Crippen LogP contribution in [0.15, 0.2) is 28.7 Å². The molecule has 0 amide bonds. The summed E-state index contributed by atoms with van der Waals surface area (Å²) in [4.78, 5) is 0. The topological polar surface area (TPSA) is 9.23 Å². The van der Waals surface area contributed by atoms with E-state index in [4.69, 9.17) is 4.74 Å². The van der Waals surface area contributed by atoms with E-state index in [1.807, 2.05) is 0 Å². The molecule has 1 saturated carbocycles. The van der Waals surface area contributed by atoms with Gasteiger partial charge in [0, 0.05) is 16.4 Å². The smallest absolute Gasteiger partial charge is 0.0921 e. The Morgan fingerprint density at radius 2 is 1.94 bits per heavy atom. The van der Waals surface area contributed by atoms with Gasteiger partial charge in [0.2, 0.25) is 0 Å². The fourth-order valence-electron chi connectivity index (χ4n) is 1.69. The highest BCUT2D eigenvalue weighted by molar-refractivity contribution is 9.10. The molecule has 0 spiro atoms. The maximum absolute atomic E-state index is 5.91. The Morgan fingerprint density at radius 1 is 1.25 bits per heavy atom. The van der Waals surface area contributed by atoms with Crippen LogP contribution < -0.4 is 0 Å². The van der Waals surface area contributed by atoms with Gasteiger partial charge in [-0.2, -0.15) is 0 Å². The van der Waals surface area contributed by atoms with Gasteiger partial charge in [0.15, 0.2) is 0 Å². The number of alkyl halides is 1. The second kappa shape index (κ2) is 6.18. The third kappa shape index (κ3) is 3.86. The highest BCUT2D eigenvalue weighted by Crippen LogP contribution is 2.33. The predicted octanol–water partition coefficient (Wildman–Crippen LogP) is 4.70. The van der Waals surface area contributed by atoms with Crippen LogP contribution in [0.3, 0.4) is 0 Å². The second-order valence-electron chi connectivity index (χ2n) is 4.30. The first-order valence-electron chi connectivity index (χ1n) is 5.72. The summed E-state index contributed by atoms with van der Waals surface area (Å²) in [7, 11) is 0. The van der Waals surface area contributed by atoms with Crippen molar-refractivity contribution in [2.75, 3.05) is 11.9 Å². The predicted molar refractivity (Wildman–Crippen MR) is 74.0 cm³/mol. The average molecular weight is 348 g/mol. The van der Waals surface area contributed by atoms with E-state index in [9.17, 15) is 0 Å². The molecular weight excluding hydrogens is 332 g/mol. The molecule has 16 heavy (non-hydrogen) atoms. The second-order valence-corrected chi connectivity index (χ2v) is 5.86. The molecule has 0 N–H and O–H groups in total. The van der Waals surface area contributed by atoms with Crippen LogP contribution in [0.25, 0.3) is 0 Å². The van der Waals surface area contributed by atoms with Gasteiger partial charge in [0.1, 0.15) is 0 Å². The van der Waals surface area contributed by atoms with Gasteiger partial charge in [-0.1, -0.05) is 56.8 Å². The molecule has 0 bridgehead atoms. The third-order valence-corrected chi connectivity index (χ3v) is 4.04. The van der Waals surface area contributed by atoms with E-state index in [1.165, 1.54) is 24.8 Å². The third-order valence-electron chi connectivity index (χ3n) is 2.92. The lowest BCUT2D eigenvalue weighted by Gasteiger charge is -2.15. The molecule has 1 atom stereocenters. The van der Waals surface area contributed by atoms with Crippen LogP contribution in [0.2, 0.25) is 0 Å². The van der Waals surface area contributed by atoms with E-state index >= 15 is 0 Å². The lowest BCUT2D eigenvalue weighted by Crippen LogP contribution is -2.07. The van der Waals surface area contributed by atoms with Crippen molar-refractivity contribution in [1.29, 1.82) is 0 Å². The van der Waals surface area contributed by atoms with E-state index in [1.54, 1.807) is 0 Å². The van der Waals surface area contributed by atoms with Crippen LogP contribution in [-0.4, -0.2) is 11.9 Å². The zero-order valence-corrected chi connectivity index (χ0v) is 12.3. The molecule has 1 nitrogen and oxygen atoms in total. The van der Waals surface area contributed by atoms with Crippen LogP contribution in [0.4, 0.5) is 0 Å². The van der Waals surface area contributed by atoms with E-state index in [2.05, 4.69) is 56.1 Å². The Hall–Kier alpha value is 0.140. The molecule has 1 aliphatic carbocycles. The normalized spacial score (nSPS) is 17.4. The van der Waals surface area contributed by atoms with Gasteiger partial charge in [-0.15, -0.1) is 0 Å². The Morgan fingerprint density at radius 3 is 2.50 bits per heavy atom. The lowest BCUT2D eigenvalue weighted by atomic mass is 10.1. The Balaban J connectivity index is 1.84. The maximum Gasteiger partial charge on any atom is 0.0921 e. The van der Waals surface area contributed by atoms with Gasteiger partial charge < -0.3 is 4.74 Å². The van der Waals surface area contributed by atoms with Crippen molar-refractivity contribution >= 4 is 31.9 Å². The SMILES string of the molecule is BrCC(OCCC1CC1)c1ccc(Br)cc1. The zero-order valence-electron chi connectivity index (χ0n) is 9.16. The van der Waals surface area contributed by atoms with Gasteiger partial charge in [-0.05, 0) is 30.0 Å². The maximum atomic E-state index is 5.91. The first-order valence-corrected chi connectivity index (χ1v) is 7.64. The summed E-state index contributed by atoms with van der Waals surface area (Å²) in [6.45, 7) is 0.886. The molecule has 1 aliphatic rings. The molecule has 88 valence electrons. The van der Waals surface area contributed by atoms with Crippen molar-refractivity contribution < 1.29 is 4.74 Å². The van der Waals surface area contributed by atoms with Crippen molar-refractivity contribution in [2.45, 2.75) is 25.4 Å². The van der Waals surface area contributed by atoms with E-state index in [0.29, 0.717) is 0 Å². The molecule has 0 aliphatic heterocycles. The summed E-state index contributed by atoms with van der Waals surface area (Å²) in [5.41, 5.74) is 1.25. The van der Waals surface area contributed by atoms with Crippen LogP contribution in [0, 0.1) is 5.92 Å². The highest BCUT2D eigenvalue weighted by atomic mass is 79.9. The first-order chi connectivity index (χ1) is 7.79. The van der Waals surface area contributed by atoms with Crippen molar-refractivity contribution in [3.63, 3.8) is 0 Å². The van der Waals surface area contributed by atoms with Gasteiger partial charge in [0.05, 0.1) is 6.10 Å². The highest BCUT2D eigenvalue weighted by Gasteiger charge is 2.21. The van der Waals surface area contributed by atoms with Crippen LogP contribution >= 0.6 is 31.9 Å². The van der Waals surface area contributed by atoms with Crippen molar-refractivity contribution in [1.82, 2.24) is 0 Å². The van der Waals surface area contributed by atoms with Gasteiger partial charge in [-0.3, -0.25) is 0 Å². The van der Waals surface area contributed by atoms with Crippen LogP contribution in [0.5, 0.6) is 0 Å². The molecule has 1 unspecified atom stereocenters. The van der Waals surface area contributed by atoms with Gasteiger partial charge in [-0.25, -0.2) is 0 Å². The minimum absolute atomic E-state index is 0.187. The van der Waals surface area contributed by atoms with Crippen LogP contribution in [-0.2, 0) is 4.74 Å².